The summed E-state index contributed by atoms with van der Waals surface area (Å²) in [5, 5.41) is 6.66. The van der Waals surface area contributed by atoms with Crippen LogP contribution in [-0.4, -0.2) is 19.4 Å². The van der Waals surface area contributed by atoms with E-state index in [1.807, 2.05) is 23.7 Å². The SMILES string of the molecule is Cc1csc(C(C)NCc2cnc3cnc(Br)cn23)n1. The number of imidazole rings is 1. The molecule has 0 saturated heterocycles. The normalized spacial score (nSPS) is 12.9. The molecule has 1 unspecified atom stereocenters. The maximum absolute atomic E-state index is 4.50. The molecule has 104 valence electrons. The number of fused-ring (bicyclic) bond motifs is 1. The molecule has 0 saturated carbocycles. The number of hydrogen-bond donors (Lipinski definition) is 1. The Hall–Kier alpha value is -1.31. The van der Waals surface area contributed by atoms with Gasteiger partial charge in [0, 0.05) is 23.8 Å². The van der Waals surface area contributed by atoms with Crippen LogP contribution in [0.3, 0.4) is 0 Å². The molecule has 0 bridgehead atoms. The molecular weight excluding hydrogens is 338 g/mol. The fraction of sp³-hybridized carbons (Fsp3) is 0.308. The molecule has 20 heavy (non-hydrogen) atoms. The molecule has 0 aliphatic rings. The van der Waals surface area contributed by atoms with E-state index in [0.29, 0.717) is 0 Å². The Morgan fingerprint density at radius 2 is 2.25 bits per heavy atom. The maximum atomic E-state index is 4.50. The van der Waals surface area contributed by atoms with Gasteiger partial charge in [-0.3, -0.25) is 4.40 Å². The van der Waals surface area contributed by atoms with E-state index in [4.69, 9.17) is 0 Å². The summed E-state index contributed by atoms with van der Waals surface area (Å²) < 4.78 is 2.83. The first-order chi connectivity index (χ1) is 9.63. The zero-order chi connectivity index (χ0) is 14.1. The van der Waals surface area contributed by atoms with E-state index in [-0.39, 0.29) is 6.04 Å². The zero-order valence-corrected chi connectivity index (χ0v) is 13.6. The Morgan fingerprint density at radius 1 is 1.40 bits per heavy atom. The number of halogens is 1. The van der Waals surface area contributed by atoms with Gasteiger partial charge in [-0.15, -0.1) is 11.3 Å². The van der Waals surface area contributed by atoms with E-state index in [1.54, 1.807) is 17.5 Å². The monoisotopic (exact) mass is 351 g/mol. The Morgan fingerprint density at radius 3 is 3.00 bits per heavy atom. The van der Waals surface area contributed by atoms with E-state index in [9.17, 15) is 0 Å². The van der Waals surface area contributed by atoms with Crippen LogP contribution >= 0.6 is 27.3 Å². The smallest absolute Gasteiger partial charge is 0.155 e. The molecule has 1 atom stereocenters. The van der Waals surface area contributed by atoms with Crippen molar-refractivity contribution in [3.05, 3.63) is 45.0 Å². The third kappa shape index (κ3) is 2.74. The topological polar surface area (TPSA) is 55.1 Å². The summed E-state index contributed by atoms with van der Waals surface area (Å²) in [4.78, 5) is 13.0. The number of hydrogen-bond acceptors (Lipinski definition) is 5. The predicted octanol–water partition coefficient (Wildman–Crippen LogP) is 3.11. The van der Waals surface area contributed by atoms with E-state index in [1.165, 1.54) is 0 Å². The van der Waals surface area contributed by atoms with Crippen molar-refractivity contribution >= 4 is 32.9 Å². The summed E-state index contributed by atoms with van der Waals surface area (Å²) in [5.74, 6) is 0. The van der Waals surface area contributed by atoms with Gasteiger partial charge in [0.05, 0.1) is 24.1 Å². The lowest BCUT2D eigenvalue weighted by Gasteiger charge is -2.10. The first-order valence-electron chi connectivity index (χ1n) is 6.26. The van der Waals surface area contributed by atoms with Crippen LogP contribution in [0.25, 0.3) is 5.65 Å². The van der Waals surface area contributed by atoms with E-state index in [2.05, 4.69) is 48.5 Å². The molecule has 3 heterocycles. The average Bonchev–Trinajstić information content (AvgIpc) is 3.02. The van der Waals surface area contributed by atoms with Gasteiger partial charge in [-0.05, 0) is 29.8 Å². The zero-order valence-electron chi connectivity index (χ0n) is 11.2. The lowest BCUT2D eigenvalue weighted by atomic mass is 10.3. The minimum absolute atomic E-state index is 0.226. The minimum Gasteiger partial charge on any atom is -0.302 e. The molecule has 3 aromatic heterocycles. The van der Waals surface area contributed by atoms with Crippen molar-refractivity contribution in [1.29, 1.82) is 0 Å². The first kappa shape index (κ1) is 13.7. The van der Waals surface area contributed by atoms with Gasteiger partial charge in [-0.1, -0.05) is 0 Å². The summed E-state index contributed by atoms with van der Waals surface area (Å²) >= 11 is 5.07. The molecule has 5 nitrogen and oxygen atoms in total. The maximum Gasteiger partial charge on any atom is 0.155 e. The molecule has 0 spiro atoms. The Balaban J connectivity index is 1.75. The van der Waals surface area contributed by atoms with Crippen molar-refractivity contribution in [2.45, 2.75) is 26.4 Å². The van der Waals surface area contributed by atoms with Crippen LogP contribution in [0.15, 0.2) is 28.6 Å². The van der Waals surface area contributed by atoms with E-state index in [0.717, 1.165) is 33.2 Å². The van der Waals surface area contributed by atoms with Gasteiger partial charge in [-0.2, -0.15) is 0 Å². The van der Waals surface area contributed by atoms with Crippen LogP contribution in [0, 0.1) is 6.92 Å². The highest BCUT2D eigenvalue weighted by Crippen LogP contribution is 2.18. The standard InChI is InChI=1S/C13H14BrN5S/c1-8-7-20-13(18-8)9(2)15-3-10-4-17-12-5-16-11(14)6-19(10)12/h4-7,9,15H,3H2,1-2H3. The molecule has 3 aromatic rings. The third-order valence-electron chi connectivity index (χ3n) is 3.04. The molecule has 0 amide bonds. The number of nitrogens with one attached hydrogen (secondary N) is 1. The average molecular weight is 352 g/mol. The van der Waals surface area contributed by atoms with Crippen molar-refractivity contribution < 1.29 is 0 Å². The highest BCUT2D eigenvalue weighted by atomic mass is 79.9. The van der Waals surface area contributed by atoms with Gasteiger partial charge in [-0.25, -0.2) is 15.0 Å². The van der Waals surface area contributed by atoms with Crippen LogP contribution in [-0.2, 0) is 6.54 Å². The van der Waals surface area contributed by atoms with Gasteiger partial charge >= 0.3 is 0 Å². The van der Waals surface area contributed by atoms with Crippen molar-refractivity contribution in [1.82, 2.24) is 24.7 Å². The summed E-state index contributed by atoms with van der Waals surface area (Å²) in [6, 6.07) is 0.226. The van der Waals surface area contributed by atoms with Crippen molar-refractivity contribution in [2.75, 3.05) is 0 Å². The summed E-state index contributed by atoms with van der Waals surface area (Å²) in [7, 11) is 0. The van der Waals surface area contributed by atoms with E-state index >= 15 is 0 Å². The van der Waals surface area contributed by atoms with Crippen LogP contribution < -0.4 is 5.32 Å². The van der Waals surface area contributed by atoms with Gasteiger partial charge in [0.25, 0.3) is 0 Å². The highest BCUT2D eigenvalue weighted by Gasteiger charge is 2.10. The van der Waals surface area contributed by atoms with Crippen LogP contribution in [0.2, 0.25) is 0 Å². The van der Waals surface area contributed by atoms with Crippen LogP contribution in [0.4, 0.5) is 0 Å². The van der Waals surface area contributed by atoms with Gasteiger partial charge in [0.2, 0.25) is 0 Å². The lowest BCUT2D eigenvalue weighted by molar-refractivity contribution is 0.562. The predicted molar refractivity (Wildman–Crippen MR) is 82.8 cm³/mol. The van der Waals surface area contributed by atoms with Crippen LogP contribution in [0.5, 0.6) is 0 Å². The quantitative estimate of drug-likeness (QED) is 0.784. The van der Waals surface area contributed by atoms with Crippen LogP contribution in [0.1, 0.15) is 29.4 Å². The Bertz CT molecular complexity index is 735. The summed E-state index contributed by atoms with van der Waals surface area (Å²) in [5.41, 5.74) is 3.02. The van der Waals surface area contributed by atoms with Gasteiger partial charge in [0.1, 0.15) is 9.61 Å². The second-order valence-corrected chi connectivity index (χ2v) is 6.32. The Labute approximate surface area is 129 Å². The summed E-state index contributed by atoms with van der Waals surface area (Å²) in [6.45, 7) is 4.87. The van der Waals surface area contributed by atoms with Crippen molar-refractivity contribution in [2.24, 2.45) is 0 Å². The van der Waals surface area contributed by atoms with E-state index < -0.39 is 0 Å². The highest BCUT2D eigenvalue weighted by molar-refractivity contribution is 9.10. The van der Waals surface area contributed by atoms with Gasteiger partial charge < -0.3 is 5.32 Å². The van der Waals surface area contributed by atoms with Crippen molar-refractivity contribution in [3.63, 3.8) is 0 Å². The number of thiazole rings is 1. The van der Waals surface area contributed by atoms with Crippen molar-refractivity contribution in [3.8, 4) is 0 Å². The number of nitrogens with zero attached hydrogens (tertiary/aromatic N) is 4. The molecule has 0 aromatic carbocycles. The third-order valence-corrected chi connectivity index (χ3v) is 4.59. The first-order valence-corrected chi connectivity index (χ1v) is 7.93. The fourth-order valence-electron chi connectivity index (χ4n) is 1.96. The largest absolute Gasteiger partial charge is 0.302 e. The fourth-order valence-corrected chi connectivity index (χ4v) is 3.10. The molecule has 0 fully saturated rings. The second kappa shape index (κ2) is 5.59. The Kier molecular flexibility index (Phi) is 3.82. The molecule has 1 N–H and O–H groups in total. The molecule has 7 heteroatoms. The molecule has 0 radical (unpaired) electrons. The number of aromatic nitrogens is 4. The molecule has 0 aliphatic heterocycles. The minimum atomic E-state index is 0.226. The lowest BCUT2D eigenvalue weighted by Crippen LogP contribution is -2.19. The molecular formula is C13H14BrN5S. The second-order valence-electron chi connectivity index (χ2n) is 4.62. The number of aryl methyl sites for hydroxylation is 1. The van der Waals surface area contributed by atoms with Gasteiger partial charge in [0.15, 0.2) is 5.65 Å². The molecule has 3 rings (SSSR count). The molecule has 0 aliphatic carbocycles. The summed E-state index contributed by atoms with van der Waals surface area (Å²) in [6.07, 6.45) is 5.55. The number of rotatable bonds is 4.